The highest BCUT2D eigenvalue weighted by atomic mass is 16.6. The van der Waals surface area contributed by atoms with Gasteiger partial charge in [-0.05, 0) is 43.2 Å². The van der Waals surface area contributed by atoms with Crippen molar-refractivity contribution in [2.45, 2.75) is 18.9 Å². The van der Waals surface area contributed by atoms with Crippen LogP contribution in [0.25, 0.3) is 0 Å². The highest BCUT2D eigenvalue weighted by Crippen LogP contribution is 2.20. The summed E-state index contributed by atoms with van der Waals surface area (Å²) in [4.78, 5) is 34.0. The van der Waals surface area contributed by atoms with Crippen LogP contribution in [0.1, 0.15) is 23.2 Å². The lowest BCUT2D eigenvalue weighted by Crippen LogP contribution is -2.30. The van der Waals surface area contributed by atoms with E-state index in [0.717, 1.165) is 12.8 Å². The van der Waals surface area contributed by atoms with Crippen LogP contribution in [0, 0.1) is 10.1 Å². The minimum absolute atomic E-state index is 0.0596. The normalized spacial score (nSPS) is 12.9. The summed E-state index contributed by atoms with van der Waals surface area (Å²) in [6, 6.07) is 12.3. The summed E-state index contributed by atoms with van der Waals surface area (Å²) in [5, 5.41) is 16.3. The van der Waals surface area contributed by atoms with E-state index in [-0.39, 0.29) is 29.8 Å². The Kier molecular flexibility index (Phi) is 5.12. The van der Waals surface area contributed by atoms with Gasteiger partial charge in [0.25, 0.3) is 17.5 Å². The second-order valence-electron chi connectivity index (χ2n) is 5.92. The van der Waals surface area contributed by atoms with Crippen molar-refractivity contribution in [3.63, 3.8) is 0 Å². The summed E-state index contributed by atoms with van der Waals surface area (Å²) in [5.74, 6) is -0.106. The Morgan fingerprint density at radius 1 is 1.15 bits per heavy atom. The van der Waals surface area contributed by atoms with Gasteiger partial charge in [-0.1, -0.05) is 6.07 Å². The molecule has 0 heterocycles. The van der Waals surface area contributed by atoms with E-state index in [1.807, 2.05) is 0 Å². The molecule has 1 fully saturated rings. The largest absolute Gasteiger partial charge is 0.484 e. The first-order valence-corrected chi connectivity index (χ1v) is 8.09. The molecule has 0 aliphatic heterocycles. The Morgan fingerprint density at radius 2 is 1.88 bits per heavy atom. The Bertz CT molecular complexity index is 831. The second kappa shape index (κ2) is 7.64. The third-order valence-corrected chi connectivity index (χ3v) is 3.74. The average Bonchev–Trinajstić information content (AvgIpc) is 3.45. The molecule has 134 valence electrons. The number of ether oxygens (including phenoxy) is 1. The minimum Gasteiger partial charge on any atom is -0.484 e. The van der Waals surface area contributed by atoms with Crippen LogP contribution in [0.3, 0.4) is 0 Å². The van der Waals surface area contributed by atoms with Gasteiger partial charge in [0.05, 0.1) is 4.92 Å². The molecule has 0 saturated heterocycles. The third-order valence-electron chi connectivity index (χ3n) is 3.74. The Balaban J connectivity index is 1.54. The molecule has 0 atom stereocenters. The summed E-state index contributed by atoms with van der Waals surface area (Å²) in [6.45, 7) is -0.0596. The topological polar surface area (TPSA) is 111 Å². The van der Waals surface area contributed by atoms with Crippen molar-refractivity contribution in [2.24, 2.45) is 0 Å². The Labute approximate surface area is 149 Å². The van der Waals surface area contributed by atoms with Gasteiger partial charge in [0.2, 0.25) is 0 Å². The zero-order valence-electron chi connectivity index (χ0n) is 13.8. The lowest BCUT2D eigenvalue weighted by atomic mass is 10.2. The van der Waals surface area contributed by atoms with Gasteiger partial charge in [0.1, 0.15) is 5.75 Å². The van der Waals surface area contributed by atoms with Crippen LogP contribution in [0.2, 0.25) is 0 Å². The number of carbonyl (C=O) groups is 2. The van der Waals surface area contributed by atoms with E-state index in [9.17, 15) is 19.7 Å². The number of amides is 2. The molecule has 3 rings (SSSR count). The number of hydrogen-bond acceptors (Lipinski definition) is 5. The molecule has 2 aromatic carbocycles. The standard InChI is InChI=1S/C18H17N3O5/c22-17(19-13-4-5-13)11-26-16-8-6-14(7-9-16)20-18(23)12-2-1-3-15(10-12)21(24)25/h1-3,6-10,13H,4-5,11H2,(H,19,22)(H,20,23). The van der Waals surface area contributed by atoms with Crippen molar-refractivity contribution in [2.75, 3.05) is 11.9 Å². The predicted octanol–water partition coefficient (Wildman–Crippen LogP) is 2.50. The molecule has 8 nitrogen and oxygen atoms in total. The molecular formula is C18H17N3O5. The number of anilines is 1. The first-order valence-electron chi connectivity index (χ1n) is 8.09. The fourth-order valence-electron chi connectivity index (χ4n) is 2.24. The van der Waals surface area contributed by atoms with E-state index in [4.69, 9.17) is 4.74 Å². The van der Waals surface area contributed by atoms with Gasteiger partial charge in [-0.15, -0.1) is 0 Å². The number of non-ortho nitro benzene ring substituents is 1. The molecule has 2 amide bonds. The molecular weight excluding hydrogens is 338 g/mol. The van der Waals surface area contributed by atoms with Crippen molar-refractivity contribution >= 4 is 23.2 Å². The number of nitro groups is 1. The number of nitrogens with zero attached hydrogens (tertiary/aromatic N) is 1. The highest BCUT2D eigenvalue weighted by Gasteiger charge is 2.23. The van der Waals surface area contributed by atoms with Gasteiger partial charge in [-0.3, -0.25) is 19.7 Å². The summed E-state index contributed by atoms with van der Waals surface area (Å²) < 4.78 is 5.38. The van der Waals surface area contributed by atoms with Crippen LogP contribution in [0.15, 0.2) is 48.5 Å². The molecule has 26 heavy (non-hydrogen) atoms. The maximum Gasteiger partial charge on any atom is 0.270 e. The van der Waals surface area contributed by atoms with E-state index >= 15 is 0 Å². The van der Waals surface area contributed by atoms with Crippen molar-refractivity contribution in [3.05, 3.63) is 64.2 Å². The first-order chi connectivity index (χ1) is 12.5. The second-order valence-corrected chi connectivity index (χ2v) is 5.92. The van der Waals surface area contributed by atoms with Crippen LogP contribution < -0.4 is 15.4 Å². The van der Waals surface area contributed by atoms with Gasteiger partial charge in [-0.2, -0.15) is 0 Å². The fraction of sp³-hybridized carbons (Fsp3) is 0.222. The van der Waals surface area contributed by atoms with Crippen LogP contribution in [-0.2, 0) is 4.79 Å². The van der Waals surface area contributed by atoms with E-state index < -0.39 is 10.8 Å². The quantitative estimate of drug-likeness (QED) is 0.586. The van der Waals surface area contributed by atoms with Gasteiger partial charge in [-0.25, -0.2) is 0 Å². The number of benzene rings is 2. The van der Waals surface area contributed by atoms with E-state index in [2.05, 4.69) is 10.6 Å². The zero-order chi connectivity index (χ0) is 18.5. The van der Waals surface area contributed by atoms with Gasteiger partial charge in [0, 0.05) is 29.4 Å². The smallest absolute Gasteiger partial charge is 0.270 e. The molecule has 0 spiro atoms. The molecule has 0 unspecified atom stereocenters. The lowest BCUT2D eigenvalue weighted by Gasteiger charge is -2.08. The maximum atomic E-state index is 12.2. The molecule has 2 N–H and O–H groups in total. The van der Waals surface area contributed by atoms with Crippen molar-refractivity contribution in [1.29, 1.82) is 0 Å². The Hall–Kier alpha value is -3.42. The van der Waals surface area contributed by atoms with Crippen LogP contribution in [0.5, 0.6) is 5.75 Å². The van der Waals surface area contributed by atoms with Crippen molar-refractivity contribution < 1.29 is 19.2 Å². The molecule has 0 aromatic heterocycles. The molecule has 8 heteroatoms. The zero-order valence-corrected chi connectivity index (χ0v) is 13.8. The highest BCUT2D eigenvalue weighted by molar-refractivity contribution is 6.04. The van der Waals surface area contributed by atoms with Gasteiger partial charge in [0.15, 0.2) is 6.61 Å². The maximum absolute atomic E-state index is 12.2. The van der Waals surface area contributed by atoms with E-state index in [1.165, 1.54) is 24.3 Å². The monoisotopic (exact) mass is 355 g/mol. The van der Waals surface area contributed by atoms with Gasteiger partial charge >= 0.3 is 0 Å². The minimum atomic E-state index is -0.553. The summed E-state index contributed by atoms with van der Waals surface area (Å²) in [7, 11) is 0. The molecule has 1 saturated carbocycles. The van der Waals surface area contributed by atoms with Crippen LogP contribution in [-0.4, -0.2) is 29.4 Å². The SMILES string of the molecule is O=C(COc1ccc(NC(=O)c2cccc([N+](=O)[O-])c2)cc1)NC1CC1. The third kappa shape index (κ3) is 4.79. The summed E-state index contributed by atoms with van der Waals surface area (Å²) >= 11 is 0. The number of carbonyl (C=O) groups excluding carboxylic acids is 2. The first kappa shape index (κ1) is 17.4. The number of rotatable bonds is 7. The number of nitrogens with one attached hydrogen (secondary N) is 2. The van der Waals surface area contributed by atoms with Crippen LogP contribution in [0.4, 0.5) is 11.4 Å². The number of nitro benzene ring substituents is 1. The van der Waals surface area contributed by atoms with E-state index in [0.29, 0.717) is 11.4 Å². The van der Waals surface area contributed by atoms with Crippen LogP contribution >= 0.6 is 0 Å². The summed E-state index contributed by atoms with van der Waals surface area (Å²) in [6.07, 6.45) is 2.04. The lowest BCUT2D eigenvalue weighted by molar-refractivity contribution is -0.384. The molecule has 1 aliphatic carbocycles. The fourth-order valence-corrected chi connectivity index (χ4v) is 2.24. The van der Waals surface area contributed by atoms with Crippen molar-refractivity contribution in [1.82, 2.24) is 5.32 Å². The Morgan fingerprint density at radius 3 is 2.54 bits per heavy atom. The average molecular weight is 355 g/mol. The molecule has 0 radical (unpaired) electrons. The molecule has 0 bridgehead atoms. The predicted molar refractivity (Wildman–Crippen MR) is 94.2 cm³/mol. The van der Waals surface area contributed by atoms with E-state index in [1.54, 1.807) is 24.3 Å². The van der Waals surface area contributed by atoms with Crippen molar-refractivity contribution in [3.8, 4) is 5.75 Å². The molecule has 2 aromatic rings. The molecule has 1 aliphatic rings. The summed E-state index contributed by atoms with van der Waals surface area (Å²) in [5.41, 5.74) is 0.554. The van der Waals surface area contributed by atoms with Gasteiger partial charge < -0.3 is 15.4 Å². The number of hydrogen-bond donors (Lipinski definition) is 2.